The zero-order valence-corrected chi connectivity index (χ0v) is 16.7. The fraction of sp³-hybridized carbons (Fsp3) is 0.364. The van der Waals surface area contributed by atoms with Crippen LogP contribution in [0.5, 0.6) is 0 Å². The molecule has 0 aliphatic carbocycles. The van der Waals surface area contributed by atoms with Crippen LogP contribution >= 0.6 is 11.8 Å². The molecule has 0 radical (unpaired) electrons. The number of hydrogen-bond acceptors (Lipinski definition) is 4. The lowest BCUT2D eigenvalue weighted by Crippen LogP contribution is -2.48. The number of hydrogen-bond donors (Lipinski definition) is 2. The van der Waals surface area contributed by atoms with Crippen LogP contribution in [-0.4, -0.2) is 46.2 Å². The van der Waals surface area contributed by atoms with Crippen molar-refractivity contribution >= 4 is 28.6 Å². The minimum atomic E-state index is -0.0675. The van der Waals surface area contributed by atoms with E-state index in [9.17, 15) is 4.79 Å². The van der Waals surface area contributed by atoms with Gasteiger partial charge in [0.2, 0.25) is 0 Å². The Labute approximate surface area is 168 Å². The predicted octanol–water partition coefficient (Wildman–Crippen LogP) is 4.07. The molecule has 2 unspecified atom stereocenters. The largest absolute Gasteiger partial charge is 0.348 e. The van der Waals surface area contributed by atoms with Crippen molar-refractivity contribution in [3.05, 3.63) is 54.2 Å². The van der Waals surface area contributed by atoms with E-state index in [0.717, 1.165) is 28.6 Å². The topological polar surface area (TPSA) is 61.0 Å². The van der Waals surface area contributed by atoms with Crippen molar-refractivity contribution in [1.29, 1.82) is 0 Å². The Morgan fingerprint density at radius 2 is 1.86 bits per heavy atom. The van der Waals surface area contributed by atoms with E-state index in [-0.39, 0.29) is 11.9 Å². The number of fused-ring (bicyclic) bond motifs is 3. The summed E-state index contributed by atoms with van der Waals surface area (Å²) in [4.78, 5) is 17.7. The van der Waals surface area contributed by atoms with E-state index in [1.807, 2.05) is 24.3 Å². The second kappa shape index (κ2) is 7.26. The van der Waals surface area contributed by atoms with Crippen molar-refractivity contribution in [3.63, 3.8) is 0 Å². The van der Waals surface area contributed by atoms with E-state index in [4.69, 9.17) is 0 Å². The molecule has 2 aromatic carbocycles. The predicted molar refractivity (Wildman–Crippen MR) is 112 cm³/mol. The molecule has 2 aliphatic heterocycles. The number of H-pyrrole nitrogens is 1. The third-order valence-corrected chi connectivity index (χ3v) is 7.16. The van der Waals surface area contributed by atoms with Crippen LogP contribution in [0.4, 0.5) is 0 Å². The first kappa shape index (κ1) is 17.8. The lowest BCUT2D eigenvalue weighted by Gasteiger charge is -2.36. The molecule has 2 aliphatic rings. The molecular weight excluding hydrogens is 368 g/mol. The number of nitrogens with one attached hydrogen (secondary N) is 2. The van der Waals surface area contributed by atoms with Gasteiger partial charge in [0.15, 0.2) is 5.69 Å². The Hall–Kier alpha value is -2.31. The summed E-state index contributed by atoms with van der Waals surface area (Å²) in [5.41, 5.74) is 1.39. The fourth-order valence-corrected chi connectivity index (χ4v) is 5.52. The molecule has 6 heteroatoms. The van der Waals surface area contributed by atoms with Crippen molar-refractivity contribution in [2.45, 2.75) is 53.6 Å². The Morgan fingerprint density at radius 1 is 1.11 bits per heavy atom. The van der Waals surface area contributed by atoms with Gasteiger partial charge in [0.25, 0.3) is 5.91 Å². The lowest BCUT2D eigenvalue weighted by molar-refractivity contribution is 0.0879. The Kier molecular flexibility index (Phi) is 4.61. The van der Waals surface area contributed by atoms with Crippen molar-refractivity contribution in [3.8, 4) is 0 Å². The third kappa shape index (κ3) is 3.31. The van der Waals surface area contributed by atoms with Crippen LogP contribution in [0.3, 0.4) is 0 Å². The number of carbonyl (C=O) groups excluding carboxylic acids is 1. The van der Waals surface area contributed by atoms with Crippen LogP contribution < -0.4 is 5.32 Å². The summed E-state index contributed by atoms with van der Waals surface area (Å²) in [6.45, 7) is 0. The number of aromatic amines is 1. The zero-order chi connectivity index (χ0) is 19.1. The number of benzene rings is 2. The maximum absolute atomic E-state index is 13.0. The van der Waals surface area contributed by atoms with Crippen LogP contribution in [0.15, 0.2) is 58.3 Å². The summed E-state index contributed by atoms with van der Waals surface area (Å²) >= 11 is 1.69. The molecule has 2 bridgehead atoms. The highest BCUT2D eigenvalue weighted by Gasteiger charge is 2.39. The van der Waals surface area contributed by atoms with Crippen molar-refractivity contribution in [2.75, 3.05) is 7.05 Å². The van der Waals surface area contributed by atoms with Gasteiger partial charge in [-0.3, -0.25) is 9.89 Å². The Morgan fingerprint density at radius 3 is 2.61 bits per heavy atom. The summed E-state index contributed by atoms with van der Waals surface area (Å²) in [5.74, 6) is -0.0675. The van der Waals surface area contributed by atoms with Crippen LogP contribution in [0.25, 0.3) is 10.9 Å². The number of rotatable bonds is 4. The van der Waals surface area contributed by atoms with Crippen LogP contribution in [0.1, 0.15) is 36.2 Å². The van der Waals surface area contributed by atoms with Gasteiger partial charge in [-0.25, -0.2) is 0 Å². The third-order valence-electron chi connectivity index (χ3n) is 6.16. The van der Waals surface area contributed by atoms with Gasteiger partial charge in [-0.1, -0.05) is 30.0 Å². The maximum Gasteiger partial charge on any atom is 0.272 e. The number of nitrogens with zero attached hydrogens (tertiary/aromatic N) is 2. The zero-order valence-electron chi connectivity index (χ0n) is 15.9. The molecule has 1 amide bonds. The summed E-state index contributed by atoms with van der Waals surface area (Å²) in [5, 5.41) is 11.5. The highest BCUT2D eigenvalue weighted by molar-refractivity contribution is 7.99. The molecule has 28 heavy (non-hydrogen) atoms. The quantitative estimate of drug-likeness (QED) is 0.703. The molecule has 144 valence electrons. The molecule has 2 saturated heterocycles. The fourth-order valence-electron chi connectivity index (χ4n) is 4.64. The average Bonchev–Trinajstić information content (AvgIpc) is 3.19. The van der Waals surface area contributed by atoms with Gasteiger partial charge < -0.3 is 10.2 Å². The smallest absolute Gasteiger partial charge is 0.272 e. The summed E-state index contributed by atoms with van der Waals surface area (Å²) in [7, 11) is 2.22. The highest BCUT2D eigenvalue weighted by Crippen LogP contribution is 2.34. The monoisotopic (exact) mass is 392 g/mol. The second-order valence-electron chi connectivity index (χ2n) is 7.89. The van der Waals surface area contributed by atoms with Crippen LogP contribution in [-0.2, 0) is 0 Å². The number of aromatic nitrogens is 2. The van der Waals surface area contributed by atoms with Gasteiger partial charge in [-0.15, -0.1) is 0 Å². The SMILES string of the molecule is CN1C2CCC1CC(NC(=O)c1n[nH]c3ccc(Sc4ccccc4)cc13)C2. The molecule has 5 nitrogen and oxygen atoms in total. The molecule has 0 spiro atoms. The summed E-state index contributed by atoms with van der Waals surface area (Å²) in [6.07, 6.45) is 4.57. The highest BCUT2D eigenvalue weighted by atomic mass is 32.2. The average molecular weight is 393 g/mol. The standard InChI is InChI=1S/C22H24N4OS/c1-26-15-7-8-16(26)12-14(11-15)23-22(27)21-19-13-18(9-10-20(19)24-25-21)28-17-5-3-2-4-6-17/h2-6,9-10,13-16H,7-8,11-12H2,1H3,(H,23,27)(H,24,25). The van der Waals surface area contributed by atoms with E-state index in [1.165, 1.54) is 17.7 Å². The van der Waals surface area contributed by atoms with E-state index in [2.05, 4.69) is 51.7 Å². The molecule has 1 aromatic heterocycles. The normalized spacial score (nSPS) is 24.5. The van der Waals surface area contributed by atoms with E-state index in [0.29, 0.717) is 17.8 Å². The Balaban J connectivity index is 1.35. The maximum atomic E-state index is 13.0. The molecule has 0 saturated carbocycles. The van der Waals surface area contributed by atoms with Gasteiger partial charge in [-0.05, 0) is 63.1 Å². The molecule has 2 atom stereocenters. The second-order valence-corrected chi connectivity index (χ2v) is 9.03. The first-order valence-corrected chi connectivity index (χ1v) is 10.7. The number of carbonyl (C=O) groups is 1. The minimum absolute atomic E-state index is 0.0675. The molecule has 3 heterocycles. The minimum Gasteiger partial charge on any atom is -0.348 e. The molecule has 3 aromatic rings. The molecule has 5 rings (SSSR count). The van der Waals surface area contributed by atoms with E-state index < -0.39 is 0 Å². The first-order chi connectivity index (χ1) is 13.7. The molecular formula is C22H24N4OS. The van der Waals surface area contributed by atoms with Crippen LogP contribution in [0.2, 0.25) is 0 Å². The number of amides is 1. The van der Waals surface area contributed by atoms with Gasteiger partial charge in [-0.2, -0.15) is 5.10 Å². The molecule has 2 N–H and O–H groups in total. The van der Waals surface area contributed by atoms with Crippen molar-refractivity contribution in [1.82, 2.24) is 20.4 Å². The van der Waals surface area contributed by atoms with Crippen molar-refractivity contribution in [2.24, 2.45) is 0 Å². The van der Waals surface area contributed by atoms with Gasteiger partial charge in [0.05, 0.1) is 5.52 Å². The van der Waals surface area contributed by atoms with Gasteiger partial charge in [0, 0.05) is 33.3 Å². The summed E-state index contributed by atoms with van der Waals surface area (Å²) < 4.78 is 0. The van der Waals surface area contributed by atoms with E-state index in [1.54, 1.807) is 11.8 Å². The van der Waals surface area contributed by atoms with Gasteiger partial charge >= 0.3 is 0 Å². The molecule has 2 fully saturated rings. The first-order valence-electron chi connectivity index (χ1n) is 9.91. The van der Waals surface area contributed by atoms with E-state index >= 15 is 0 Å². The summed E-state index contributed by atoms with van der Waals surface area (Å²) in [6, 6.07) is 17.8. The lowest BCUT2D eigenvalue weighted by atomic mass is 9.98. The Bertz CT molecular complexity index is 988. The number of piperidine rings is 1. The van der Waals surface area contributed by atoms with Crippen LogP contribution in [0, 0.1) is 0 Å². The van der Waals surface area contributed by atoms with Crippen molar-refractivity contribution < 1.29 is 4.79 Å². The van der Waals surface area contributed by atoms with Gasteiger partial charge in [0.1, 0.15) is 0 Å².